The second-order valence-corrected chi connectivity index (χ2v) is 11.8. The van der Waals surface area contributed by atoms with Gasteiger partial charge < -0.3 is 49.2 Å². The number of nitrogens with zero attached hydrogens (tertiary/aromatic N) is 6. The Hall–Kier alpha value is -6.09. The third-order valence-electron chi connectivity index (χ3n) is 6.98. The minimum Gasteiger partial charge on any atom is -0.870 e. The predicted octanol–water partition coefficient (Wildman–Crippen LogP) is 2.18. The van der Waals surface area contributed by atoms with Crippen molar-refractivity contribution in [1.82, 2.24) is 9.80 Å². The molecule has 326 valence electrons. The van der Waals surface area contributed by atoms with Gasteiger partial charge in [0, 0.05) is 53.0 Å². The predicted molar refractivity (Wildman–Crippen MR) is 219 cm³/mol. The minimum atomic E-state index is -0.195. The summed E-state index contributed by atoms with van der Waals surface area (Å²) >= 11 is 0. The molecule has 0 aromatic heterocycles. The first-order valence-corrected chi connectivity index (χ1v) is 17.5. The first-order valence-electron chi connectivity index (χ1n) is 17.5. The molecule has 2 radical (unpaired) electrons. The molecule has 4 aromatic rings. The van der Waals surface area contributed by atoms with Crippen molar-refractivity contribution in [3.05, 3.63) is 95.1 Å². The Kier molecular flexibility index (Phi) is 30.6. The average molecular weight is 917 g/mol. The van der Waals surface area contributed by atoms with Gasteiger partial charge in [-0.3, -0.25) is 29.6 Å². The van der Waals surface area contributed by atoms with E-state index in [9.17, 15) is 30.0 Å². The van der Waals surface area contributed by atoms with Crippen LogP contribution in [0.1, 0.15) is 22.3 Å². The van der Waals surface area contributed by atoms with Crippen LogP contribution in [0.3, 0.4) is 0 Å². The number of aliphatic imine (C=N–C) groups is 4. The summed E-state index contributed by atoms with van der Waals surface area (Å²) in [6.07, 6.45) is 7.52. The largest absolute Gasteiger partial charge is 2.00 e. The molecule has 0 aliphatic rings. The van der Waals surface area contributed by atoms with Crippen molar-refractivity contribution in [2.75, 3.05) is 82.8 Å². The molecule has 0 saturated carbocycles. The van der Waals surface area contributed by atoms with Gasteiger partial charge in [0.1, 0.15) is 23.0 Å². The van der Waals surface area contributed by atoms with Gasteiger partial charge in [-0.15, -0.1) is 0 Å². The third kappa shape index (κ3) is 21.1. The van der Waals surface area contributed by atoms with E-state index in [1.165, 1.54) is 63.1 Å². The zero-order valence-electron chi connectivity index (χ0n) is 34.7. The third-order valence-corrected chi connectivity index (χ3v) is 6.98. The van der Waals surface area contributed by atoms with E-state index in [4.69, 9.17) is 18.9 Å². The Bertz CT molecular complexity index is 1690. The van der Waals surface area contributed by atoms with Crippen LogP contribution in [0.2, 0.25) is 0 Å². The van der Waals surface area contributed by atoms with Crippen molar-refractivity contribution in [2.45, 2.75) is 0 Å². The van der Waals surface area contributed by atoms with Crippen LogP contribution in [0.4, 0.5) is 0 Å². The number of carbonyl (C=O) groups is 2. The van der Waals surface area contributed by atoms with E-state index in [2.05, 4.69) is 20.0 Å². The first kappa shape index (κ1) is 56.0. The Morgan fingerprint density at radius 2 is 0.617 bits per heavy atom. The van der Waals surface area contributed by atoms with Gasteiger partial charge in [0.05, 0.1) is 54.6 Å². The molecular weight excluding hydrogens is 866 g/mol. The maximum absolute atomic E-state index is 11.9. The van der Waals surface area contributed by atoms with Crippen LogP contribution in [0, 0.1) is 0 Å². The number of benzene rings is 4. The average Bonchev–Trinajstić information content (AvgIpc) is 3.23. The smallest absolute Gasteiger partial charge is 0.870 e. The Labute approximate surface area is 372 Å². The summed E-state index contributed by atoms with van der Waals surface area (Å²) < 4.78 is 19.9. The van der Waals surface area contributed by atoms with Crippen LogP contribution in [-0.4, -0.2) is 130 Å². The van der Waals surface area contributed by atoms with Crippen LogP contribution in [0.5, 0.6) is 46.0 Å². The van der Waals surface area contributed by atoms with Gasteiger partial charge in [-0.2, -0.15) is 0 Å². The van der Waals surface area contributed by atoms with Crippen LogP contribution in [0.25, 0.3) is 0 Å². The van der Waals surface area contributed by atoms with Gasteiger partial charge in [0.25, 0.3) is 0 Å². The molecule has 18 heteroatoms. The number of carbonyl (C=O) groups excluding carboxylic acids is 2. The number of para-hydroxylation sites is 4. The molecule has 0 heterocycles. The maximum atomic E-state index is 11.9. The summed E-state index contributed by atoms with van der Waals surface area (Å²) in [5.41, 5.74) is 1.86. The van der Waals surface area contributed by atoms with Gasteiger partial charge >= 0.3 is 33.6 Å². The topological polar surface area (TPSA) is 219 Å². The Morgan fingerprint density at radius 1 is 0.433 bits per heavy atom. The zero-order chi connectivity index (χ0) is 43.3. The van der Waals surface area contributed by atoms with Gasteiger partial charge in [-0.1, -0.05) is 71.5 Å². The van der Waals surface area contributed by atoms with E-state index < -0.39 is 0 Å². The van der Waals surface area contributed by atoms with Crippen molar-refractivity contribution in [1.29, 1.82) is 0 Å². The Morgan fingerprint density at radius 3 is 0.767 bits per heavy atom. The molecule has 2 amide bonds. The van der Waals surface area contributed by atoms with E-state index >= 15 is 0 Å². The molecule has 0 spiro atoms. The molecule has 0 unspecified atom stereocenters. The molecule has 0 saturated heterocycles. The molecule has 0 atom stereocenters. The second-order valence-electron chi connectivity index (χ2n) is 11.8. The molecule has 4 rings (SSSR count). The number of hydrogen-bond donors (Lipinski definition) is 0. The monoisotopic (exact) mass is 916 g/mol. The van der Waals surface area contributed by atoms with Crippen molar-refractivity contribution < 1.29 is 82.5 Å². The fourth-order valence-electron chi connectivity index (χ4n) is 4.06. The van der Waals surface area contributed by atoms with Gasteiger partial charge in [0.15, 0.2) is 0 Å². The minimum absolute atomic E-state index is 0. The summed E-state index contributed by atoms with van der Waals surface area (Å²) in [5.74, 6) is 0.380. The van der Waals surface area contributed by atoms with Crippen LogP contribution < -0.4 is 39.4 Å². The fraction of sp³-hybridized carbons (Fsp3) is 0.286. The van der Waals surface area contributed by atoms with Crippen molar-refractivity contribution in [3.63, 3.8) is 0 Å². The number of methoxy groups -OCH3 is 4. The second kappa shape index (κ2) is 32.8. The Balaban J connectivity index is 0. The van der Waals surface area contributed by atoms with Crippen molar-refractivity contribution in [2.24, 2.45) is 20.0 Å². The molecule has 4 aromatic carbocycles. The summed E-state index contributed by atoms with van der Waals surface area (Å²) in [7, 11) is 12.6. The molecular formula is C42H50Co2N6O10. The SMILES string of the molecule is CN(C)C=O.CN(C)C=O.COc1cccc(C=NCCN=Cc2cccc(OC)c2[O-])c1[O-].COc1cccc(C=NCCN=Cc2cccc(OC)c2[O-])c1[O-].[Co+2].[Co+2]. The molecule has 16 nitrogen and oxygen atoms in total. The van der Waals surface area contributed by atoms with E-state index in [1.807, 2.05) is 0 Å². The van der Waals surface area contributed by atoms with Gasteiger partial charge in [0.2, 0.25) is 12.8 Å². The van der Waals surface area contributed by atoms with E-state index in [1.54, 1.807) is 101 Å². The summed E-state index contributed by atoms with van der Waals surface area (Å²) in [4.78, 5) is 38.4. The van der Waals surface area contributed by atoms with E-state index in [0.717, 1.165) is 12.8 Å². The summed E-state index contributed by atoms with van der Waals surface area (Å²) in [5, 5.41) is 47.6. The van der Waals surface area contributed by atoms with Crippen LogP contribution in [-0.2, 0) is 43.1 Å². The first-order chi connectivity index (χ1) is 27.9. The normalized spacial score (nSPS) is 10.1. The molecule has 60 heavy (non-hydrogen) atoms. The zero-order valence-corrected chi connectivity index (χ0v) is 36.7. The summed E-state index contributed by atoms with van der Waals surface area (Å²) in [6, 6.07) is 20.1. The molecule has 0 fully saturated rings. The summed E-state index contributed by atoms with van der Waals surface area (Å²) in [6.45, 7) is 1.63. The molecule has 0 aliphatic heterocycles. The fourth-order valence-corrected chi connectivity index (χ4v) is 4.06. The van der Waals surface area contributed by atoms with Gasteiger partial charge in [-0.05, 0) is 46.5 Å². The van der Waals surface area contributed by atoms with Crippen molar-refractivity contribution in [3.8, 4) is 46.0 Å². The van der Waals surface area contributed by atoms with Gasteiger partial charge in [-0.25, -0.2) is 0 Å². The molecule has 0 bridgehead atoms. The van der Waals surface area contributed by atoms with E-state index in [0.29, 0.717) is 48.4 Å². The maximum Gasteiger partial charge on any atom is 2.00 e. The molecule has 0 aliphatic carbocycles. The quantitative estimate of drug-likeness (QED) is 0.0907. The van der Waals surface area contributed by atoms with Crippen LogP contribution >= 0.6 is 0 Å². The van der Waals surface area contributed by atoms with Crippen LogP contribution in [0.15, 0.2) is 92.8 Å². The van der Waals surface area contributed by atoms with E-state index in [-0.39, 0.29) is 79.6 Å². The number of ether oxygens (including phenoxy) is 4. The molecule has 0 N–H and O–H groups in total. The number of hydrogen-bond acceptors (Lipinski definition) is 14. The number of amides is 2. The van der Waals surface area contributed by atoms with Crippen molar-refractivity contribution >= 4 is 37.7 Å². The number of rotatable bonds is 16. The standard InChI is InChI=1S/2C18H20N2O4.2C3H7NO.2Co/c2*1-23-15-7-3-5-13(17(15)21)11-19-9-10-20-12-14-6-4-8-16(24-2)18(14)22;2*1-4(2)3-5;;/h2*3-8,11-12,21-22H,9-10H2,1-2H3;2*3H,1-2H3;;/q;;;;2*+2/p-4.